The maximum Gasteiger partial charge on any atom is 0.312 e. The fourth-order valence-electron chi connectivity index (χ4n) is 3.22. The van der Waals surface area contributed by atoms with Crippen molar-refractivity contribution < 1.29 is 19.4 Å². The minimum absolute atomic E-state index is 0.0888. The van der Waals surface area contributed by atoms with E-state index in [1.807, 2.05) is 0 Å². The average Bonchev–Trinajstić information content (AvgIpc) is 2.67. The number of piperidine rings is 1. The second-order valence-electron chi connectivity index (χ2n) is 6.79. The van der Waals surface area contributed by atoms with Crippen molar-refractivity contribution in [1.82, 2.24) is 4.90 Å². The molecule has 146 valence electrons. The SMILES string of the molecule is C[C@@H]1CCCN(C(=O)c2ccc(Oc3cccc([N+](=O)[O-])c3)c([N+](=O)[O-])c2)C1. The first kappa shape index (κ1) is 19.3. The molecule has 1 fully saturated rings. The zero-order chi connectivity index (χ0) is 20.3. The van der Waals surface area contributed by atoms with Crippen LogP contribution in [0.15, 0.2) is 42.5 Å². The van der Waals surface area contributed by atoms with Gasteiger partial charge in [-0.25, -0.2) is 0 Å². The molecule has 0 unspecified atom stereocenters. The Labute approximate surface area is 160 Å². The molecule has 9 heteroatoms. The molecule has 28 heavy (non-hydrogen) atoms. The molecular weight excluding hydrogens is 366 g/mol. The molecule has 2 aromatic rings. The first-order valence-electron chi connectivity index (χ1n) is 8.85. The van der Waals surface area contributed by atoms with E-state index in [0.29, 0.717) is 19.0 Å². The van der Waals surface area contributed by atoms with E-state index < -0.39 is 9.85 Å². The Balaban J connectivity index is 1.87. The van der Waals surface area contributed by atoms with Gasteiger partial charge in [0.1, 0.15) is 5.75 Å². The van der Waals surface area contributed by atoms with Gasteiger partial charge in [-0.05, 0) is 37.0 Å². The molecule has 3 rings (SSSR count). The Hall–Kier alpha value is -3.49. The number of rotatable bonds is 5. The predicted molar refractivity (Wildman–Crippen MR) is 101 cm³/mol. The van der Waals surface area contributed by atoms with E-state index in [9.17, 15) is 25.0 Å². The van der Waals surface area contributed by atoms with Crippen molar-refractivity contribution in [3.63, 3.8) is 0 Å². The van der Waals surface area contributed by atoms with Crippen LogP contribution in [0, 0.1) is 26.1 Å². The van der Waals surface area contributed by atoms with Crippen molar-refractivity contribution in [3.8, 4) is 11.5 Å². The highest BCUT2D eigenvalue weighted by atomic mass is 16.6. The van der Waals surface area contributed by atoms with Gasteiger partial charge in [0.25, 0.3) is 11.6 Å². The molecule has 1 saturated heterocycles. The summed E-state index contributed by atoms with van der Waals surface area (Å²) in [5.74, 6) is 0.149. The van der Waals surface area contributed by atoms with Gasteiger partial charge in [0.15, 0.2) is 0 Å². The quantitative estimate of drug-likeness (QED) is 0.563. The van der Waals surface area contributed by atoms with Crippen LogP contribution in [-0.4, -0.2) is 33.7 Å². The third-order valence-corrected chi connectivity index (χ3v) is 4.60. The summed E-state index contributed by atoms with van der Waals surface area (Å²) >= 11 is 0. The molecule has 0 aromatic heterocycles. The maximum absolute atomic E-state index is 12.7. The van der Waals surface area contributed by atoms with Crippen LogP contribution in [0.5, 0.6) is 11.5 Å². The molecular formula is C19H19N3O6. The Morgan fingerprint density at radius 2 is 1.93 bits per heavy atom. The second-order valence-corrected chi connectivity index (χ2v) is 6.79. The number of likely N-dealkylation sites (tertiary alicyclic amines) is 1. The molecule has 0 saturated carbocycles. The Kier molecular flexibility index (Phi) is 5.53. The minimum atomic E-state index is -0.637. The van der Waals surface area contributed by atoms with Crippen molar-refractivity contribution in [2.45, 2.75) is 19.8 Å². The van der Waals surface area contributed by atoms with Gasteiger partial charge < -0.3 is 9.64 Å². The van der Waals surface area contributed by atoms with Gasteiger partial charge in [-0.15, -0.1) is 0 Å². The number of amides is 1. The lowest BCUT2D eigenvalue weighted by molar-refractivity contribution is -0.386. The summed E-state index contributed by atoms with van der Waals surface area (Å²) in [6, 6.07) is 9.37. The first-order chi connectivity index (χ1) is 13.3. The van der Waals surface area contributed by atoms with Crippen LogP contribution in [0.1, 0.15) is 30.1 Å². The smallest absolute Gasteiger partial charge is 0.312 e. The Morgan fingerprint density at radius 1 is 1.14 bits per heavy atom. The summed E-state index contributed by atoms with van der Waals surface area (Å²) in [7, 11) is 0. The highest BCUT2D eigenvalue weighted by Gasteiger charge is 2.25. The van der Waals surface area contributed by atoms with Gasteiger partial charge in [-0.3, -0.25) is 25.0 Å². The number of hydrogen-bond acceptors (Lipinski definition) is 6. The number of nitro benzene ring substituents is 2. The Morgan fingerprint density at radius 3 is 2.61 bits per heavy atom. The van der Waals surface area contributed by atoms with Gasteiger partial charge in [0.05, 0.1) is 15.9 Å². The van der Waals surface area contributed by atoms with Gasteiger partial charge in [0, 0.05) is 30.8 Å². The number of nitrogens with zero attached hydrogens (tertiary/aromatic N) is 3. The van der Waals surface area contributed by atoms with E-state index >= 15 is 0 Å². The van der Waals surface area contributed by atoms with Crippen LogP contribution in [0.2, 0.25) is 0 Å². The van der Waals surface area contributed by atoms with Gasteiger partial charge in [-0.1, -0.05) is 13.0 Å². The molecule has 0 spiro atoms. The van der Waals surface area contributed by atoms with Crippen LogP contribution in [0.3, 0.4) is 0 Å². The van der Waals surface area contributed by atoms with Gasteiger partial charge >= 0.3 is 5.69 Å². The van der Waals surface area contributed by atoms with Crippen LogP contribution >= 0.6 is 0 Å². The Bertz CT molecular complexity index is 930. The van der Waals surface area contributed by atoms with E-state index in [-0.39, 0.29) is 34.3 Å². The summed E-state index contributed by atoms with van der Waals surface area (Å²) in [6.45, 7) is 3.32. The molecule has 0 bridgehead atoms. The van der Waals surface area contributed by atoms with E-state index in [2.05, 4.69) is 6.92 Å². The largest absolute Gasteiger partial charge is 0.450 e. The van der Waals surface area contributed by atoms with Crippen molar-refractivity contribution in [1.29, 1.82) is 0 Å². The van der Waals surface area contributed by atoms with Crippen LogP contribution in [0.25, 0.3) is 0 Å². The summed E-state index contributed by atoms with van der Waals surface area (Å²) in [6.07, 6.45) is 1.96. The first-order valence-corrected chi connectivity index (χ1v) is 8.85. The standard InChI is InChI=1S/C19H19N3O6/c1-13-4-3-9-20(12-13)19(23)14-7-8-18(17(10-14)22(26)27)28-16-6-2-5-15(11-16)21(24)25/h2,5-8,10-11,13H,3-4,9,12H2,1H3/t13-/m1/s1. The zero-order valence-electron chi connectivity index (χ0n) is 15.2. The number of benzene rings is 2. The molecule has 0 N–H and O–H groups in total. The second kappa shape index (κ2) is 8.03. The van der Waals surface area contributed by atoms with Crippen molar-refractivity contribution >= 4 is 17.3 Å². The van der Waals surface area contributed by atoms with Gasteiger partial charge in [-0.2, -0.15) is 0 Å². The normalized spacial score (nSPS) is 16.5. The molecule has 0 aliphatic carbocycles. The van der Waals surface area contributed by atoms with Crippen molar-refractivity contribution in [2.75, 3.05) is 13.1 Å². The van der Waals surface area contributed by atoms with Crippen LogP contribution in [0.4, 0.5) is 11.4 Å². The zero-order valence-corrected chi connectivity index (χ0v) is 15.2. The topological polar surface area (TPSA) is 116 Å². The highest BCUT2D eigenvalue weighted by molar-refractivity contribution is 5.95. The monoisotopic (exact) mass is 385 g/mol. The van der Waals surface area contributed by atoms with E-state index in [1.54, 1.807) is 4.90 Å². The number of carbonyl (C=O) groups excluding carboxylic acids is 1. The van der Waals surface area contributed by atoms with Crippen molar-refractivity contribution in [2.24, 2.45) is 5.92 Å². The third kappa shape index (κ3) is 4.25. The summed E-state index contributed by atoms with van der Waals surface area (Å²) in [5.41, 5.74) is -0.347. The van der Waals surface area contributed by atoms with Crippen molar-refractivity contribution in [3.05, 3.63) is 68.3 Å². The molecule has 1 heterocycles. The number of ether oxygens (including phenoxy) is 1. The summed E-state index contributed by atoms with van der Waals surface area (Å²) < 4.78 is 5.49. The molecule has 1 amide bonds. The van der Waals surface area contributed by atoms with Crippen LogP contribution in [-0.2, 0) is 0 Å². The molecule has 1 atom stereocenters. The molecule has 1 aliphatic rings. The fourth-order valence-corrected chi connectivity index (χ4v) is 3.22. The van der Waals surface area contributed by atoms with E-state index in [1.165, 1.54) is 42.5 Å². The lowest BCUT2D eigenvalue weighted by atomic mass is 9.99. The van der Waals surface area contributed by atoms with E-state index in [0.717, 1.165) is 12.8 Å². The average molecular weight is 385 g/mol. The molecule has 2 aromatic carbocycles. The number of hydrogen-bond donors (Lipinski definition) is 0. The molecule has 1 aliphatic heterocycles. The third-order valence-electron chi connectivity index (χ3n) is 4.60. The maximum atomic E-state index is 12.7. The summed E-state index contributed by atoms with van der Waals surface area (Å²) in [5, 5.41) is 22.4. The summed E-state index contributed by atoms with van der Waals surface area (Å²) in [4.78, 5) is 35.5. The van der Waals surface area contributed by atoms with Gasteiger partial charge in [0.2, 0.25) is 5.75 Å². The number of non-ortho nitro benzene ring substituents is 1. The van der Waals surface area contributed by atoms with Crippen LogP contribution < -0.4 is 4.74 Å². The lowest BCUT2D eigenvalue weighted by Gasteiger charge is -2.31. The fraction of sp³-hybridized carbons (Fsp3) is 0.316. The highest BCUT2D eigenvalue weighted by Crippen LogP contribution is 2.34. The predicted octanol–water partition coefficient (Wildman–Crippen LogP) is 4.17. The number of nitro groups is 2. The number of carbonyl (C=O) groups is 1. The van der Waals surface area contributed by atoms with E-state index in [4.69, 9.17) is 4.74 Å². The minimum Gasteiger partial charge on any atom is -0.450 e. The molecule has 0 radical (unpaired) electrons. The lowest BCUT2D eigenvalue weighted by Crippen LogP contribution is -2.39. The molecule has 9 nitrogen and oxygen atoms in total.